The average Bonchev–Trinajstić information content (AvgIpc) is 3.01. The smallest absolute Gasteiger partial charge is 0.211 e. The number of aryl methyl sites for hydroxylation is 1. The van der Waals surface area contributed by atoms with Crippen molar-refractivity contribution in [3.05, 3.63) is 59.7 Å². The van der Waals surface area contributed by atoms with Crippen molar-refractivity contribution in [2.75, 3.05) is 5.75 Å². The maximum absolute atomic E-state index is 13.3. The second-order valence-corrected chi connectivity index (χ2v) is 6.81. The number of Topliss-reactive ketones (excluding diaryl/α,β-unsaturated/α-hetero) is 1. The molecule has 0 amide bonds. The molecule has 0 spiro atoms. The number of thioether (sulfide) groups is 1. The van der Waals surface area contributed by atoms with Crippen molar-refractivity contribution in [3.8, 4) is 0 Å². The molecule has 0 saturated heterocycles. The highest BCUT2D eigenvalue weighted by atomic mass is 32.2. The van der Waals surface area contributed by atoms with Gasteiger partial charge in [0.2, 0.25) is 5.16 Å². The highest BCUT2D eigenvalue weighted by Gasteiger charge is 2.15. The van der Waals surface area contributed by atoms with Crippen LogP contribution in [0.4, 0.5) is 8.78 Å². The predicted octanol–water partition coefficient (Wildman–Crippen LogP) is 4.25. The summed E-state index contributed by atoms with van der Waals surface area (Å²) in [6.07, 6.45) is 0. The molecule has 0 saturated carbocycles. The molecule has 2 aromatic carbocycles. The number of fused-ring (bicyclic) bond motifs is 3. The molecule has 0 bridgehead atoms. The molecule has 0 N–H and O–H groups in total. The van der Waals surface area contributed by atoms with Crippen molar-refractivity contribution in [3.63, 3.8) is 0 Å². The number of ketones is 1. The first kappa shape index (κ1) is 17.5. The van der Waals surface area contributed by atoms with Crippen LogP contribution in [0.15, 0.2) is 47.6 Å². The van der Waals surface area contributed by atoms with E-state index in [1.807, 2.05) is 35.8 Å². The fraction of sp³-hybridized carbons (Fsp3) is 0.158. The Hall–Kier alpha value is -2.87. The summed E-state index contributed by atoms with van der Waals surface area (Å²) < 4.78 is 28.3. The Kier molecular flexibility index (Phi) is 4.57. The number of hydrogen-bond donors (Lipinski definition) is 0. The standard InChI is InChI=1S/C19H14F2N4OS/c1-2-25-15-6-4-3-5-12(15)17-18(25)22-19(24-23-17)27-10-16(26)11-7-8-13(20)14(21)9-11/h3-9H,2,10H2,1H3. The number of hydrogen-bond acceptors (Lipinski definition) is 5. The summed E-state index contributed by atoms with van der Waals surface area (Å²) in [4.78, 5) is 16.8. The molecule has 5 nitrogen and oxygen atoms in total. The van der Waals surface area contributed by atoms with Crippen LogP contribution in [0, 0.1) is 11.6 Å². The number of aromatic nitrogens is 4. The number of halogens is 2. The summed E-state index contributed by atoms with van der Waals surface area (Å²) >= 11 is 1.11. The van der Waals surface area contributed by atoms with E-state index in [4.69, 9.17) is 0 Å². The van der Waals surface area contributed by atoms with Gasteiger partial charge in [0.25, 0.3) is 0 Å². The summed E-state index contributed by atoms with van der Waals surface area (Å²) in [5, 5.41) is 9.72. The van der Waals surface area contributed by atoms with E-state index >= 15 is 0 Å². The second kappa shape index (κ2) is 7.03. The van der Waals surface area contributed by atoms with Crippen molar-refractivity contribution in [1.29, 1.82) is 0 Å². The molecule has 4 aromatic rings. The average molecular weight is 384 g/mol. The zero-order valence-electron chi connectivity index (χ0n) is 14.3. The maximum Gasteiger partial charge on any atom is 0.211 e. The van der Waals surface area contributed by atoms with Gasteiger partial charge in [0.15, 0.2) is 23.1 Å². The third-order valence-electron chi connectivity index (χ3n) is 4.24. The van der Waals surface area contributed by atoms with Gasteiger partial charge in [0.05, 0.1) is 11.3 Å². The Labute approximate surface area is 157 Å². The Morgan fingerprint density at radius 1 is 1.11 bits per heavy atom. The molecule has 0 radical (unpaired) electrons. The molecule has 2 aromatic heterocycles. The SMILES string of the molecule is CCn1c2ccccc2c2nnc(SCC(=O)c3ccc(F)c(F)c3)nc21. The van der Waals surface area contributed by atoms with Crippen LogP contribution in [0.1, 0.15) is 17.3 Å². The van der Waals surface area contributed by atoms with Crippen LogP contribution in [0.2, 0.25) is 0 Å². The van der Waals surface area contributed by atoms with E-state index < -0.39 is 11.6 Å². The fourth-order valence-electron chi connectivity index (χ4n) is 2.95. The molecule has 0 unspecified atom stereocenters. The molecule has 8 heteroatoms. The molecular formula is C19H14F2N4OS. The largest absolute Gasteiger partial charge is 0.324 e. The van der Waals surface area contributed by atoms with Gasteiger partial charge in [-0.1, -0.05) is 30.0 Å². The van der Waals surface area contributed by atoms with Gasteiger partial charge < -0.3 is 4.57 Å². The van der Waals surface area contributed by atoms with Gasteiger partial charge in [0.1, 0.15) is 5.52 Å². The molecule has 0 atom stereocenters. The Bertz CT molecular complexity index is 1180. The van der Waals surface area contributed by atoms with Crippen molar-refractivity contribution < 1.29 is 13.6 Å². The van der Waals surface area contributed by atoms with E-state index in [2.05, 4.69) is 15.2 Å². The van der Waals surface area contributed by atoms with Crippen LogP contribution in [0.25, 0.3) is 22.1 Å². The highest BCUT2D eigenvalue weighted by molar-refractivity contribution is 7.99. The molecular weight excluding hydrogens is 370 g/mol. The lowest BCUT2D eigenvalue weighted by Gasteiger charge is -2.03. The summed E-state index contributed by atoms with van der Waals surface area (Å²) in [5.74, 6) is -2.36. The number of carbonyl (C=O) groups excluding carboxylic acids is 1. The Morgan fingerprint density at radius 2 is 1.93 bits per heavy atom. The molecule has 0 fully saturated rings. The minimum atomic E-state index is -1.04. The maximum atomic E-state index is 13.3. The fourth-order valence-corrected chi connectivity index (χ4v) is 3.63. The number of nitrogens with zero attached hydrogens (tertiary/aromatic N) is 4. The zero-order valence-corrected chi connectivity index (χ0v) is 15.1. The highest BCUT2D eigenvalue weighted by Crippen LogP contribution is 2.27. The topological polar surface area (TPSA) is 60.7 Å². The molecule has 136 valence electrons. The number of carbonyl (C=O) groups is 1. The zero-order chi connectivity index (χ0) is 19.0. The predicted molar refractivity (Wildman–Crippen MR) is 99.9 cm³/mol. The van der Waals surface area contributed by atoms with Gasteiger partial charge in [0, 0.05) is 17.5 Å². The summed E-state index contributed by atoms with van der Waals surface area (Å²) in [6, 6.07) is 11.0. The first-order valence-electron chi connectivity index (χ1n) is 8.31. The minimum absolute atomic E-state index is 0.00458. The van der Waals surface area contributed by atoms with Gasteiger partial charge >= 0.3 is 0 Å². The van der Waals surface area contributed by atoms with Crippen LogP contribution in [-0.2, 0) is 6.54 Å². The van der Waals surface area contributed by atoms with Crippen LogP contribution in [0.3, 0.4) is 0 Å². The number of benzene rings is 2. The first-order chi connectivity index (χ1) is 13.1. The lowest BCUT2D eigenvalue weighted by atomic mass is 10.1. The number of para-hydroxylation sites is 1. The third-order valence-corrected chi connectivity index (χ3v) is 5.08. The lowest BCUT2D eigenvalue weighted by Crippen LogP contribution is -2.05. The minimum Gasteiger partial charge on any atom is -0.324 e. The van der Waals surface area contributed by atoms with E-state index in [-0.39, 0.29) is 17.1 Å². The molecule has 27 heavy (non-hydrogen) atoms. The molecule has 4 rings (SSSR count). The van der Waals surface area contributed by atoms with Gasteiger partial charge in [-0.2, -0.15) is 0 Å². The molecule has 0 aliphatic carbocycles. The normalized spacial score (nSPS) is 11.4. The Balaban J connectivity index is 1.61. The summed E-state index contributed by atoms with van der Waals surface area (Å²) in [5.41, 5.74) is 2.55. The lowest BCUT2D eigenvalue weighted by molar-refractivity contribution is 0.102. The summed E-state index contributed by atoms with van der Waals surface area (Å²) in [7, 11) is 0. The van der Waals surface area contributed by atoms with E-state index in [1.54, 1.807) is 0 Å². The molecule has 2 heterocycles. The first-order valence-corrected chi connectivity index (χ1v) is 9.29. The van der Waals surface area contributed by atoms with E-state index in [9.17, 15) is 13.6 Å². The third kappa shape index (κ3) is 3.16. The Morgan fingerprint density at radius 3 is 2.70 bits per heavy atom. The van der Waals surface area contributed by atoms with Gasteiger partial charge in [-0.25, -0.2) is 13.8 Å². The van der Waals surface area contributed by atoms with Crippen molar-refractivity contribution in [1.82, 2.24) is 19.7 Å². The van der Waals surface area contributed by atoms with Gasteiger partial charge in [-0.3, -0.25) is 4.79 Å². The van der Waals surface area contributed by atoms with Crippen LogP contribution >= 0.6 is 11.8 Å². The second-order valence-electron chi connectivity index (χ2n) is 5.87. The summed E-state index contributed by atoms with van der Waals surface area (Å²) in [6.45, 7) is 2.74. The molecule has 0 aliphatic rings. The van der Waals surface area contributed by atoms with Gasteiger partial charge in [-0.15, -0.1) is 10.2 Å². The van der Waals surface area contributed by atoms with Crippen LogP contribution < -0.4 is 0 Å². The van der Waals surface area contributed by atoms with Gasteiger partial charge in [-0.05, 0) is 31.2 Å². The van der Waals surface area contributed by atoms with Crippen molar-refractivity contribution in [2.45, 2.75) is 18.6 Å². The van der Waals surface area contributed by atoms with E-state index in [1.165, 1.54) is 6.07 Å². The number of rotatable bonds is 5. The van der Waals surface area contributed by atoms with Crippen LogP contribution in [-0.4, -0.2) is 31.3 Å². The quantitative estimate of drug-likeness (QED) is 0.380. The monoisotopic (exact) mass is 384 g/mol. The van der Waals surface area contributed by atoms with E-state index in [0.717, 1.165) is 41.3 Å². The van der Waals surface area contributed by atoms with Crippen LogP contribution in [0.5, 0.6) is 0 Å². The molecule has 0 aliphatic heterocycles. The van der Waals surface area contributed by atoms with Crippen molar-refractivity contribution >= 4 is 39.6 Å². The van der Waals surface area contributed by atoms with Crippen molar-refractivity contribution in [2.24, 2.45) is 0 Å². The van der Waals surface area contributed by atoms with E-state index in [0.29, 0.717) is 16.3 Å².